The Morgan fingerprint density at radius 3 is 2.43 bits per heavy atom. The molecule has 11 heteroatoms. The molecule has 44 heavy (non-hydrogen) atoms. The predicted molar refractivity (Wildman–Crippen MR) is 175 cm³/mol. The molecule has 0 amide bonds. The van der Waals surface area contributed by atoms with E-state index in [1.54, 1.807) is 61.4 Å². The molecule has 1 atom stereocenters. The number of esters is 1. The van der Waals surface area contributed by atoms with Gasteiger partial charge in [-0.3, -0.25) is 9.36 Å². The maximum absolute atomic E-state index is 13.9. The van der Waals surface area contributed by atoms with Crippen LogP contribution in [0.2, 0.25) is 0 Å². The van der Waals surface area contributed by atoms with Gasteiger partial charge in [-0.15, -0.1) is 11.8 Å². The number of nitrogens with zero attached hydrogens (tertiary/aromatic N) is 2. The standard InChI is InChI=1S/C33H29BrN2O6S2/c1-18(2)42-32(40)28-19(3)35-33-36(29(28)22-10-12-24(43-4)13-11-22)30(37)27(44-33)16-21-7-14-26(25(34)15-21)41-17-20-5-8-23(9-6-20)31(38)39/h5-16,18,29H,17H2,1-4H3,(H,38,39)/b27-16+/t29-/m1/s1. The van der Waals surface area contributed by atoms with Gasteiger partial charge < -0.3 is 14.6 Å². The molecule has 2 heterocycles. The van der Waals surface area contributed by atoms with Crippen LogP contribution in [0.1, 0.15) is 53.9 Å². The van der Waals surface area contributed by atoms with E-state index in [1.165, 1.54) is 23.5 Å². The number of rotatable bonds is 9. The van der Waals surface area contributed by atoms with Crippen LogP contribution < -0.4 is 19.6 Å². The molecule has 0 saturated heterocycles. The van der Waals surface area contributed by atoms with Crippen molar-refractivity contribution in [1.29, 1.82) is 0 Å². The highest BCUT2D eigenvalue weighted by Crippen LogP contribution is 2.32. The fourth-order valence-corrected chi connectivity index (χ4v) is 6.71. The lowest BCUT2D eigenvalue weighted by Crippen LogP contribution is -2.40. The number of benzene rings is 3. The Labute approximate surface area is 270 Å². The predicted octanol–water partition coefficient (Wildman–Crippen LogP) is 5.95. The highest BCUT2D eigenvalue weighted by atomic mass is 79.9. The molecular formula is C33H29BrN2O6S2. The van der Waals surface area contributed by atoms with Crippen LogP contribution >= 0.6 is 39.0 Å². The third-order valence-electron chi connectivity index (χ3n) is 6.86. The Morgan fingerprint density at radius 1 is 1.11 bits per heavy atom. The van der Waals surface area contributed by atoms with Crippen LogP contribution in [0.5, 0.6) is 5.75 Å². The van der Waals surface area contributed by atoms with Gasteiger partial charge in [0.05, 0.1) is 38.0 Å². The van der Waals surface area contributed by atoms with E-state index in [2.05, 4.69) is 20.9 Å². The number of aromatic carboxylic acids is 1. The van der Waals surface area contributed by atoms with E-state index in [0.29, 0.717) is 30.8 Å². The monoisotopic (exact) mass is 692 g/mol. The van der Waals surface area contributed by atoms with Gasteiger partial charge in [-0.2, -0.15) is 0 Å². The van der Waals surface area contributed by atoms with Crippen LogP contribution in [0, 0.1) is 0 Å². The normalized spacial score (nSPS) is 14.8. The third-order valence-corrected chi connectivity index (χ3v) is 9.21. The average molecular weight is 694 g/mol. The van der Waals surface area contributed by atoms with Crippen LogP contribution in [-0.2, 0) is 16.1 Å². The van der Waals surface area contributed by atoms with E-state index < -0.39 is 18.0 Å². The molecule has 3 aromatic carbocycles. The Hall–Kier alpha value is -3.93. The number of carbonyl (C=O) groups excluding carboxylic acids is 1. The molecule has 5 rings (SSSR count). The van der Waals surface area contributed by atoms with Gasteiger partial charge in [0.1, 0.15) is 12.4 Å². The number of carboxylic acid groups (broad SMARTS) is 1. The lowest BCUT2D eigenvalue weighted by molar-refractivity contribution is -0.143. The summed E-state index contributed by atoms with van der Waals surface area (Å²) in [5.41, 5.74) is 3.22. The van der Waals surface area contributed by atoms with Gasteiger partial charge in [0.25, 0.3) is 5.56 Å². The number of halogens is 1. The number of carboxylic acids is 1. The minimum atomic E-state index is -0.979. The third kappa shape index (κ3) is 6.74. The second-order valence-electron chi connectivity index (χ2n) is 10.3. The molecule has 1 N–H and O–H groups in total. The van der Waals surface area contributed by atoms with Crippen LogP contribution in [-0.4, -0.2) is 34.0 Å². The van der Waals surface area contributed by atoms with Crippen LogP contribution in [0.4, 0.5) is 0 Å². The minimum Gasteiger partial charge on any atom is -0.488 e. The van der Waals surface area contributed by atoms with E-state index in [9.17, 15) is 14.4 Å². The van der Waals surface area contributed by atoms with Crippen molar-refractivity contribution in [2.45, 2.75) is 44.4 Å². The van der Waals surface area contributed by atoms with E-state index >= 15 is 0 Å². The van der Waals surface area contributed by atoms with Crippen molar-refractivity contribution in [3.05, 3.63) is 124 Å². The van der Waals surface area contributed by atoms with Crippen molar-refractivity contribution in [3.63, 3.8) is 0 Å². The first-order valence-corrected chi connectivity index (χ1v) is 16.5. The lowest BCUT2D eigenvalue weighted by atomic mass is 9.96. The van der Waals surface area contributed by atoms with Gasteiger partial charge in [0.15, 0.2) is 4.80 Å². The number of allylic oxidation sites excluding steroid dienone is 1. The molecule has 0 bridgehead atoms. The number of ether oxygens (including phenoxy) is 2. The molecule has 0 unspecified atom stereocenters. The molecule has 0 fully saturated rings. The molecule has 8 nitrogen and oxygen atoms in total. The summed E-state index contributed by atoms with van der Waals surface area (Å²) >= 11 is 6.44. The van der Waals surface area contributed by atoms with Gasteiger partial charge >= 0.3 is 11.9 Å². The first-order chi connectivity index (χ1) is 21.0. The highest BCUT2D eigenvalue weighted by molar-refractivity contribution is 9.10. The van der Waals surface area contributed by atoms with Crippen molar-refractivity contribution in [1.82, 2.24) is 4.57 Å². The van der Waals surface area contributed by atoms with E-state index in [-0.39, 0.29) is 23.8 Å². The summed E-state index contributed by atoms with van der Waals surface area (Å²) in [6.07, 6.45) is 3.46. The molecule has 0 saturated carbocycles. The smallest absolute Gasteiger partial charge is 0.338 e. The van der Waals surface area contributed by atoms with Gasteiger partial charge in [0, 0.05) is 4.90 Å². The second kappa shape index (κ2) is 13.4. The van der Waals surface area contributed by atoms with Gasteiger partial charge in [-0.25, -0.2) is 14.6 Å². The molecule has 1 aliphatic heterocycles. The first-order valence-electron chi connectivity index (χ1n) is 13.7. The molecule has 0 aliphatic carbocycles. The average Bonchev–Trinajstić information content (AvgIpc) is 3.29. The molecule has 0 radical (unpaired) electrons. The summed E-state index contributed by atoms with van der Waals surface area (Å²) < 4.78 is 14.3. The molecule has 1 aliphatic rings. The van der Waals surface area contributed by atoms with E-state index in [4.69, 9.17) is 14.6 Å². The SMILES string of the molecule is CSc1ccc([C@@H]2C(C(=O)OC(C)C)=C(C)N=c3s/c(=C/c4ccc(OCc5ccc(C(=O)O)cc5)c(Br)c4)c(=O)n32)cc1. The van der Waals surface area contributed by atoms with Crippen LogP contribution in [0.3, 0.4) is 0 Å². The molecular weight excluding hydrogens is 664 g/mol. The quantitative estimate of drug-likeness (QED) is 0.171. The minimum absolute atomic E-state index is 0.214. The van der Waals surface area contributed by atoms with E-state index in [1.807, 2.05) is 42.7 Å². The van der Waals surface area contributed by atoms with Gasteiger partial charge in [-0.1, -0.05) is 41.7 Å². The number of thiazole rings is 1. The fourth-order valence-electron chi connectivity index (χ4n) is 4.74. The summed E-state index contributed by atoms with van der Waals surface area (Å²) in [5, 5.41) is 9.09. The lowest BCUT2D eigenvalue weighted by Gasteiger charge is -2.25. The molecule has 226 valence electrons. The summed E-state index contributed by atoms with van der Waals surface area (Å²) in [6, 6.07) is 19.2. The Morgan fingerprint density at radius 2 is 1.82 bits per heavy atom. The topological polar surface area (TPSA) is 107 Å². The summed E-state index contributed by atoms with van der Waals surface area (Å²) in [6.45, 7) is 5.61. The Bertz CT molecular complexity index is 1940. The van der Waals surface area contributed by atoms with Gasteiger partial charge in [-0.05, 0) is 102 Å². The summed E-state index contributed by atoms with van der Waals surface area (Å²) in [7, 11) is 0. The number of fused-ring (bicyclic) bond motifs is 1. The largest absolute Gasteiger partial charge is 0.488 e. The summed E-state index contributed by atoms with van der Waals surface area (Å²) in [5.74, 6) is -0.872. The Balaban J connectivity index is 1.48. The maximum atomic E-state index is 13.9. The van der Waals surface area contributed by atoms with Crippen molar-refractivity contribution in [2.24, 2.45) is 4.99 Å². The van der Waals surface area contributed by atoms with Crippen molar-refractivity contribution < 1.29 is 24.2 Å². The number of carbonyl (C=O) groups is 2. The number of aromatic nitrogens is 1. The maximum Gasteiger partial charge on any atom is 0.338 e. The zero-order valence-corrected chi connectivity index (χ0v) is 27.6. The molecule has 4 aromatic rings. The fraction of sp³-hybridized carbons (Fsp3) is 0.212. The Kier molecular flexibility index (Phi) is 9.57. The zero-order valence-electron chi connectivity index (χ0n) is 24.4. The molecule has 1 aromatic heterocycles. The van der Waals surface area contributed by atoms with Crippen molar-refractivity contribution >= 4 is 57.0 Å². The second-order valence-corrected chi connectivity index (χ2v) is 13.0. The van der Waals surface area contributed by atoms with Crippen LogP contribution in [0.15, 0.2) is 97.2 Å². The summed E-state index contributed by atoms with van der Waals surface area (Å²) in [4.78, 5) is 44.5. The number of hydrogen-bond acceptors (Lipinski definition) is 8. The van der Waals surface area contributed by atoms with Crippen molar-refractivity contribution in [2.75, 3.05) is 6.26 Å². The number of hydrogen-bond donors (Lipinski definition) is 1. The van der Waals surface area contributed by atoms with Gasteiger partial charge in [0.2, 0.25) is 0 Å². The highest BCUT2D eigenvalue weighted by Gasteiger charge is 2.33. The van der Waals surface area contributed by atoms with Crippen LogP contribution in [0.25, 0.3) is 6.08 Å². The van der Waals surface area contributed by atoms with E-state index in [0.717, 1.165) is 21.6 Å². The number of thioether (sulfide) groups is 1. The molecule has 0 spiro atoms. The van der Waals surface area contributed by atoms with Crippen molar-refractivity contribution in [3.8, 4) is 5.75 Å². The first kappa shape index (κ1) is 31.5. The zero-order chi connectivity index (χ0) is 31.5.